The van der Waals surface area contributed by atoms with Crippen LogP contribution in [-0.2, 0) is 19.1 Å². The van der Waals surface area contributed by atoms with Gasteiger partial charge in [-0.3, -0.25) is 4.79 Å². The highest BCUT2D eigenvalue weighted by Crippen LogP contribution is 2.44. The van der Waals surface area contributed by atoms with Crippen molar-refractivity contribution in [2.75, 3.05) is 13.7 Å². The molecule has 0 fully saturated rings. The summed E-state index contributed by atoms with van der Waals surface area (Å²) in [7, 11) is 1.24. The lowest BCUT2D eigenvalue weighted by molar-refractivity contribution is -0.144. The van der Waals surface area contributed by atoms with E-state index in [9.17, 15) is 14.4 Å². The maximum Gasteiger partial charge on any atom is 0.408 e. The van der Waals surface area contributed by atoms with Crippen LogP contribution in [0.25, 0.3) is 11.1 Å². The zero-order valence-electron chi connectivity index (χ0n) is 19.0. The quantitative estimate of drug-likeness (QED) is 0.523. The first kappa shape index (κ1) is 23.0. The minimum absolute atomic E-state index is 0.0958. The van der Waals surface area contributed by atoms with E-state index in [1.54, 1.807) is 24.3 Å². The Labute approximate surface area is 198 Å². The van der Waals surface area contributed by atoms with Gasteiger partial charge in [-0.05, 0) is 34.7 Å². The number of methoxy groups -OCH3 is 1. The molecule has 0 aliphatic heterocycles. The number of fused-ring (bicyclic) bond motifs is 3. The van der Waals surface area contributed by atoms with Gasteiger partial charge < -0.3 is 20.1 Å². The zero-order valence-corrected chi connectivity index (χ0v) is 19.0. The molecule has 1 aliphatic rings. The minimum atomic E-state index is -1.04. The Hall–Kier alpha value is -4.13. The van der Waals surface area contributed by atoms with E-state index in [-0.39, 0.29) is 12.5 Å². The Morgan fingerprint density at radius 1 is 0.824 bits per heavy atom. The fourth-order valence-corrected chi connectivity index (χ4v) is 4.24. The Morgan fingerprint density at radius 3 is 1.97 bits per heavy atom. The van der Waals surface area contributed by atoms with Crippen molar-refractivity contribution in [3.63, 3.8) is 0 Å². The van der Waals surface area contributed by atoms with Gasteiger partial charge in [-0.1, -0.05) is 78.9 Å². The van der Waals surface area contributed by atoms with Gasteiger partial charge in [0, 0.05) is 5.92 Å². The van der Waals surface area contributed by atoms with Crippen molar-refractivity contribution >= 4 is 18.0 Å². The molecule has 0 radical (unpaired) electrons. The van der Waals surface area contributed by atoms with Crippen LogP contribution in [0.1, 0.15) is 35.6 Å². The molecule has 7 nitrogen and oxygen atoms in total. The molecule has 0 saturated heterocycles. The normalized spacial score (nSPS) is 13.7. The molecule has 0 heterocycles. The average molecular weight is 459 g/mol. The Balaban J connectivity index is 1.47. The molecule has 0 aromatic heterocycles. The molecule has 174 valence electrons. The van der Waals surface area contributed by atoms with Gasteiger partial charge in [0.05, 0.1) is 7.11 Å². The van der Waals surface area contributed by atoms with Gasteiger partial charge in [0.15, 0.2) is 0 Å². The number of carbonyl (C=O) groups is 3. The lowest BCUT2D eigenvalue weighted by Crippen LogP contribution is -2.46. The number of alkyl carbamates (subject to hydrolysis) is 1. The molecule has 2 N–H and O–H groups in total. The summed E-state index contributed by atoms with van der Waals surface area (Å²) in [5.74, 6) is -1.22. The lowest BCUT2D eigenvalue weighted by atomic mass is 9.98. The highest BCUT2D eigenvalue weighted by Gasteiger charge is 2.30. The highest BCUT2D eigenvalue weighted by atomic mass is 16.5. The van der Waals surface area contributed by atoms with Crippen LogP contribution in [0.15, 0.2) is 78.9 Å². The first-order chi connectivity index (χ1) is 16.5. The second-order valence-corrected chi connectivity index (χ2v) is 8.07. The predicted octanol–water partition coefficient (Wildman–Crippen LogP) is 3.94. The van der Waals surface area contributed by atoms with E-state index >= 15 is 0 Å². The number of benzene rings is 3. The van der Waals surface area contributed by atoms with Gasteiger partial charge in [-0.15, -0.1) is 0 Å². The highest BCUT2D eigenvalue weighted by molar-refractivity contribution is 5.90. The molecule has 2 atom stereocenters. The largest absolute Gasteiger partial charge is 0.467 e. The van der Waals surface area contributed by atoms with E-state index in [0.29, 0.717) is 5.56 Å². The average Bonchev–Trinajstić information content (AvgIpc) is 3.19. The predicted molar refractivity (Wildman–Crippen MR) is 127 cm³/mol. The molecular weight excluding hydrogens is 432 g/mol. The molecule has 0 spiro atoms. The Morgan fingerprint density at radius 2 is 1.38 bits per heavy atom. The third kappa shape index (κ3) is 4.78. The maximum absolute atomic E-state index is 12.9. The van der Waals surface area contributed by atoms with Crippen molar-refractivity contribution in [2.24, 2.45) is 0 Å². The van der Waals surface area contributed by atoms with Crippen molar-refractivity contribution in [1.82, 2.24) is 10.6 Å². The van der Waals surface area contributed by atoms with Gasteiger partial charge in [-0.2, -0.15) is 0 Å². The molecule has 3 aromatic rings. The summed E-state index contributed by atoms with van der Waals surface area (Å²) in [6, 6.07) is 23.0. The summed E-state index contributed by atoms with van der Waals surface area (Å²) in [6.45, 7) is 1.64. The summed E-state index contributed by atoms with van der Waals surface area (Å²) in [4.78, 5) is 37.4. The number of hydrogen-bond acceptors (Lipinski definition) is 5. The standard InChI is InChI=1S/C27H26N2O5/c1-17(26(31)33-2)28-25(30)24(18-10-4-3-5-11-18)29-27(32)34-16-23-21-14-8-6-12-19(21)20-13-7-9-15-22(20)23/h3-15,17,23-24H,16H2,1-2H3,(H,28,30)(H,29,32)/t17-,24-/m0/s1. The molecule has 3 aromatic carbocycles. The molecule has 0 saturated carbocycles. The van der Waals surface area contributed by atoms with Crippen molar-refractivity contribution in [1.29, 1.82) is 0 Å². The summed E-state index contributed by atoms with van der Waals surface area (Å²) < 4.78 is 10.3. The second-order valence-electron chi connectivity index (χ2n) is 8.07. The molecule has 7 heteroatoms. The summed E-state index contributed by atoms with van der Waals surface area (Å²) in [5, 5.41) is 5.22. The van der Waals surface area contributed by atoms with Gasteiger partial charge in [-0.25, -0.2) is 9.59 Å². The molecule has 0 unspecified atom stereocenters. The molecule has 34 heavy (non-hydrogen) atoms. The van der Waals surface area contributed by atoms with Gasteiger partial charge >= 0.3 is 12.1 Å². The molecule has 4 rings (SSSR count). The van der Waals surface area contributed by atoms with E-state index < -0.39 is 30.1 Å². The number of carbonyl (C=O) groups excluding carboxylic acids is 3. The number of amides is 2. The van der Waals surface area contributed by atoms with Crippen LogP contribution in [0, 0.1) is 0 Å². The van der Waals surface area contributed by atoms with Crippen LogP contribution < -0.4 is 10.6 Å². The number of hydrogen-bond donors (Lipinski definition) is 2. The molecule has 1 aliphatic carbocycles. The molecule has 2 amide bonds. The van der Waals surface area contributed by atoms with Gasteiger partial charge in [0.1, 0.15) is 18.7 Å². The summed E-state index contributed by atoms with van der Waals surface area (Å²) >= 11 is 0. The maximum atomic E-state index is 12.9. The fraction of sp³-hybridized carbons (Fsp3) is 0.222. The fourth-order valence-electron chi connectivity index (χ4n) is 4.24. The van der Waals surface area contributed by atoms with Crippen LogP contribution in [0.5, 0.6) is 0 Å². The lowest BCUT2D eigenvalue weighted by Gasteiger charge is -2.21. The number of esters is 1. The van der Waals surface area contributed by atoms with Crippen molar-refractivity contribution in [3.05, 3.63) is 95.6 Å². The van der Waals surface area contributed by atoms with Crippen LogP contribution in [0.3, 0.4) is 0 Å². The monoisotopic (exact) mass is 458 g/mol. The number of nitrogens with one attached hydrogen (secondary N) is 2. The van der Waals surface area contributed by atoms with E-state index in [4.69, 9.17) is 4.74 Å². The zero-order chi connectivity index (χ0) is 24.1. The Kier molecular flexibility index (Phi) is 6.92. The van der Waals surface area contributed by atoms with Gasteiger partial charge in [0.2, 0.25) is 5.91 Å². The first-order valence-corrected chi connectivity index (χ1v) is 11.0. The minimum Gasteiger partial charge on any atom is -0.467 e. The number of rotatable bonds is 7. The van der Waals surface area contributed by atoms with E-state index in [1.165, 1.54) is 14.0 Å². The van der Waals surface area contributed by atoms with E-state index in [1.807, 2.05) is 42.5 Å². The summed E-state index contributed by atoms with van der Waals surface area (Å²) in [6.07, 6.45) is -0.725. The van der Waals surface area contributed by atoms with Crippen LogP contribution >= 0.6 is 0 Å². The Bertz CT molecular complexity index is 1150. The molecule has 0 bridgehead atoms. The van der Waals surface area contributed by atoms with Crippen molar-refractivity contribution in [2.45, 2.75) is 24.9 Å². The SMILES string of the molecule is COC(=O)[C@H](C)NC(=O)[C@@H](NC(=O)OCC1c2ccccc2-c2ccccc21)c1ccccc1. The van der Waals surface area contributed by atoms with Crippen molar-refractivity contribution in [3.8, 4) is 11.1 Å². The van der Waals surface area contributed by atoms with Crippen LogP contribution in [-0.4, -0.2) is 37.7 Å². The van der Waals surface area contributed by atoms with Crippen molar-refractivity contribution < 1.29 is 23.9 Å². The third-order valence-electron chi connectivity index (χ3n) is 5.91. The number of ether oxygens (including phenoxy) is 2. The third-order valence-corrected chi connectivity index (χ3v) is 5.91. The second kappa shape index (κ2) is 10.2. The van der Waals surface area contributed by atoms with E-state index in [0.717, 1.165) is 22.3 Å². The molecular formula is C27H26N2O5. The van der Waals surface area contributed by atoms with Crippen LogP contribution in [0.2, 0.25) is 0 Å². The summed E-state index contributed by atoms with van der Waals surface area (Å²) in [5.41, 5.74) is 5.02. The van der Waals surface area contributed by atoms with Gasteiger partial charge in [0.25, 0.3) is 0 Å². The smallest absolute Gasteiger partial charge is 0.408 e. The van der Waals surface area contributed by atoms with E-state index in [2.05, 4.69) is 27.5 Å². The van der Waals surface area contributed by atoms with Crippen LogP contribution in [0.4, 0.5) is 4.79 Å². The topological polar surface area (TPSA) is 93.7 Å². The first-order valence-electron chi connectivity index (χ1n) is 11.0.